The normalized spacial score (nSPS) is 9.52. The molecule has 2 aromatic rings. The summed E-state index contributed by atoms with van der Waals surface area (Å²) in [5.74, 6) is 0.855. The van der Waals surface area contributed by atoms with Crippen LogP contribution in [0.3, 0.4) is 0 Å². The summed E-state index contributed by atoms with van der Waals surface area (Å²) >= 11 is 0. The summed E-state index contributed by atoms with van der Waals surface area (Å²) in [6, 6.07) is 15.6. The molecule has 23 heavy (non-hydrogen) atoms. The highest BCUT2D eigenvalue weighted by Gasteiger charge is 2.09. The second-order valence-corrected chi connectivity index (χ2v) is 4.58. The summed E-state index contributed by atoms with van der Waals surface area (Å²) in [5, 5.41) is 11.7. The number of nitrogens with one attached hydrogen (secondary N) is 1. The average molecular weight is 308 g/mol. The first-order valence-electron chi connectivity index (χ1n) is 7.04. The Bertz CT molecular complexity index is 721. The van der Waals surface area contributed by atoms with Crippen molar-refractivity contribution in [1.29, 1.82) is 5.26 Å². The summed E-state index contributed by atoms with van der Waals surface area (Å²) < 4.78 is 10.7. The van der Waals surface area contributed by atoms with Gasteiger partial charge in [0, 0.05) is 11.8 Å². The maximum atomic E-state index is 11.9. The van der Waals surface area contributed by atoms with E-state index in [-0.39, 0.29) is 0 Å². The predicted octanol–water partition coefficient (Wildman–Crippen LogP) is 4.12. The minimum atomic E-state index is -0.613. The fraction of sp³-hybridized carbons (Fsp3) is 0.111. The van der Waals surface area contributed by atoms with Gasteiger partial charge in [-0.25, -0.2) is 4.79 Å². The van der Waals surface area contributed by atoms with E-state index in [1.165, 1.54) is 0 Å². The molecular weight excluding hydrogens is 292 g/mol. The number of anilines is 1. The van der Waals surface area contributed by atoms with Crippen LogP contribution in [0.25, 0.3) is 0 Å². The van der Waals surface area contributed by atoms with E-state index in [4.69, 9.17) is 14.7 Å². The van der Waals surface area contributed by atoms with Gasteiger partial charge < -0.3 is 9.47 Å². The van der Waals surface area contributed by atoms with Crippen LogP contribution in [0.1, 0.15) is 12.0 Å². The first kappa shape index (κ1) is 16.1. The van der Waals surface area contributed by atoms with Gasteiger partial charge in [0.05, 0.1) is 12.2 Å². The molecule has 1 N–H and O–H groups in total. The molecule has 0 saturated heterocycles. The summed E-state index contributed by atoms with van der Waals surface area (Å²) in [6.45, 7) is 4.03. The third-order valence-corrected chi connectivity index (χ3v) is 2.88. The van der Waals surface area contributed by atoms with Gasteiger partial charge in [0.25, 0.3) is 0 Å². The van der Waals surface area contributed by atoms with Gasteiger partial charge in [-0.2, -0.15) is 5.26 Å². The molecular formula is C18H16N2O3. The topological polar surface area (TPSA) is 71.3 Å². The zero-order valence-electron chi connectivity index (χ0n) is 12.5. The number of carbonyl (C=O) groups excluding carboxylic acids is 1. The number of nitriles is 1. The van der Waals surface area contributed by atoms with Gasteiger partial charge in [0.15, 0.2) is 0 Å². The molecule has 116 valence electrons. The molecule has 5 heteroatoms. The quantitative estimate of drug-likeness (QED) is 0.643. The van der Waals surface area contributed by atoms with Crippen molar-refractivity contribution in [3.63, 3.8) is 0 Å². The van der Waals surface area contributed by atoms with E-state index in [0.29, 0.717) is 35.8 Å². The number of nitrogens with zero attached hydrogens (tertiary/aromatic N) is 1. The van der Waals surface area contributed by atoms with Crippen LogP contribution >= 0.6 is 0 Å². The fourth-order valence-corrected chi connectivity index (χ4v) is 1.80. The molecule has 0 radical (unpaired) electrons. The van der Waals surface area contributed by atoms with E-state index in [1.54, 1.807) is 48.5 Å². The van der Waals surface area contributed by atoms with Gasteiger partial charge in [0.1, 0.15) is 17.6 Å². The van der Waals surface area contributed by atoms with Gasteiger partial charge in [-0.05, 0) is 30.7 Å². The average Bonchev–Trinajstić information content (AvgIpc) is 2.56. The highest BCUT2D eigenvalue weighted by Crippen LogP contribution is 2.23. The van der Waals surface area contributed by atoms with Crippen molar-refractivity contribution in [2.75, 3.05) is 11.9 Å². The van der Waals surface area contributed by atoms with Crippen molar-refractivity contribution < 1.29 is 14.3 Å². The largest absolute Gasteiger partial charge is 0.492 e. The summed E-state index contributed by atoms with van der Waals surface area (Å²) in [4.78, 5) is 11.9. The Hall–Kier alpha value is -3.26. The van der Waals surface area contributed by atoms with Gasteiger partial charge in [-0.1, -0.05) is 24.3 Å². The fourth-order valence-electron chi connectivity index (χ4n) is 1.80. The molecule has 0 heterocycles. The molecule has 0 aliphatic carbocycles. The second kappa shape index (κ2) is 8.25. The first-order chi connectivity index (χ1) is 11.2. The smallest absolute Gasteiger partial charge is 0.417 e. The van der Waals surface area contributed by atoms with E-state index in [0.717, 1.165) is 0 Å². The molecule has 5 nitrogen and oxygen atoms in total. The van der Waals surface area contributed by atoms with Crippen molar-refractivity contribution in [3.8, 4) is 17.6 Å². The highest BCUT2D eigenvalue weighted by atomic mass is 16.6. The number of hydrogen-bond acceptors (Lipinski definition) is 4. The number of hydrogen-bond donors (Lipinski definition) is 1. The Morgan fingerprint density at radius 3 is 2.74 bits per heavy atom. The number of rotatable bonds is 6. The van der Waals surface area contributed by atoms with Crippen LogP contribution in [-0.4, -0.2) is 12.7 Å². The van der Waals surface area contributed by atoms with Crippen molar-refractivity contribution >= 4 is 11.8 Å². The Morgan fingerprint density at radius 2 is 2.04 bits per heavy atom. The minimum absolute atomic E-state index is 0.399. The van der Waals surface area contributed by atoms with Gasteiger partial charge in [-0.15, -0.1) is 6.58 Å². The molecule has 0 unspecified atom stereocenters. The molecule has 0 spiro atoms. The lowest BCUT2D eigenvalue weighted by Gasteiger charge is -2.10. The molecule has 0 aliphatic heterocycles. The molecule has 0 saturated carbocycles. The third kappa shape index (κ3) is 4.90. The van der Waals surface area contributed by atoms with Crippen LogP contribution in [0, 0.1) is 11.3 Å². The predicted molar refractivity (Wildman–Crippen MR) is 87.6 cm³/mol. The Morgan fingerprint density at radius 1 is 1.26 bits per heavy atom. The molecule has 2 aromatic carbocycles. The number of amides is 1. The molecule has 2 rings (SSSR count). The first-order valence-corrected chi connectivity index (χ1v) is 7.04. The van der Waals surface area contributed by atoms with Crippen molar-refractivity contribution in [3.05, 3.63) is 66.7 Å². The number of carbonyl (C=O) groups is 1. The molecule has 0 bridgehead atoms. The molecule has 0 atom stereocenters. The Kier molecular flexibility index (Phi) is 5.78. The zero-order valence-corrected chi connectivity index (χ0v) is 12.5. The van der Waals surface area contributed by atoms with Crippen LogP contribution in [0.15, 0.2) is 61.2 Å². The molecule has 0 aliphatic rings. The lowest BCUT2D eigenvalue weighted by molar-refractivity contribution is 0.215. The molecule has 0 fully saturated rings. The standard InChI is InChI=1S/C18H16N2O3/c1-2-3-11-22-17-12-15(10-9-14(17)13-19)20-18(21)23-16-7-5-4-6-8-16/h2,4-10,12H,1,3,11H2,(H,20,21). The van der Waals surface area contributed by atoms with Gasteiger partial charge in [-0.3, -0.25) is 5.32 Å². The molecule has 1 amide bonds. The Balaban J connectivity index is 2.04. The summed E-state index contributed by atoms with van der Waals surface area (Å²) in [5.41, 5.74) is 0.884. The van der Waals surface area contributed by atoms with Gasteiger partial charge >= 0.3 is 6.09 Å². The van der Waals surface area contributed by atoms with E-state index >= 15 is 0 Å². The number of para-hydroxylation sites is 1. The van der Waals surface area contributed by atoms with Crippen molar-refractivity contribution in [1.82, 2.24) is 0 Å². The Labute approximate surface area is 134 Å². The number of ether oxygens (including phenoxy) is 2. The monoisotopic (exact) mass is 308 g/mol. The van der Waals surface area contributed by atoms with E-state index in [2.05, 4.69) is 11.9 Å². The van der Waals surface area contributed by atoms with E-state index in [9.17, 15) is 4.79 Å². The third-order valence-electron chi connectivity index (χ3n) is 2.88. The minimum Gasteiger partial charge on any atom is -0.492 e. The summed E-state index contributed by atoms with van der Waals surface area (Å²) in [6.07, 6.45) is 1.78. The van der Waals surface area contributed by atoms with Gasteiger partial charge in [0.2, 0.25) is 0 Å². The zero-order chi connectivity index (χ0) is 16.5. The van der Waals surface area contributed by atoms with E-state index in [1.807, 2.05) is 12.1 Å². The SMILES string of the molecule is C=CCCOc1cc(NC(=O)Oc2ccccc2)ccc1C#N. The summed E-state index contributed by atoms with van der Waals surface area (Å²) in [7, 11) is 0. The molecule has 0 aromatic heterocycles. The lowest BCUT2D eigenvalue weighted by atomic mass is 10.2. The van der Waals surface area contributed by atoms with Crippen LogP contribution in [0.5, 0.6) is 11.5 Å². The van der Waals surface area contributed by atoms with Crippen LogP contribution in [0.2, 0.25) is 0 Å². The van der Waals surface area contributed by atoms with Crippen LogP contribution < -0.4 is 14.8 Å². The maximum Gasteiger partial charge on any atom is 0.417 e. The van der Waals surface area contributed by atoms with E-state index < -0.39 is 6.09 Å². The second-order valence-electron chi connectivity index (χ2n) is 4.58. The lowest BCUT2D eigenvalue weighted by Crippen LogP contribution is -2.16. The highest BCUT2D eigenvalue weighted by molar-refractivity contribution is 5.86. The van der Waals surface area contributed by atoms with Crippen molar-refractivity contribution in [2.45, 2.75) is 6.42 Å². The maximum absolute atomic E-state index is 11.9. The van der Waals surface area contributed by atoms with Crippen molar-refractivity contribution in [2.24, 2.45) is 0 Å². The van der Waals surface area contributed by atoms with Crippen LogP contribution in [-0.2, 0) is 0 Å². The van der Waals surface area contributed by atoms with Crippen LogP contribution in [0.4, 0.5) is 10.5 Å². The number of benzene rings is 2.